The van der Waals surface area contributed by atoms with Gasteiger partial charge in [-0.3, -0.25) is 19.5 Å². The van der Waals surface area contributed by atoms with E-state index in [9.17, 15) is 14.7 Å². The van der Waals surface area contributed by atoms with Crippen LogP contribution in [0.4, 0.5) is 5.69 Å². The number of ketones is 1. The number of aryl methyl sites for hydroxylation is 1. The number of pyridine rings is 1. The monoisotopic (exact) mass is 370 g/mol. The van der Waals surface area contributed by atoms with Crippen LogP contribution in [0.3, 0.4) is 0 Å². The number of hydrogen-bond donors (Lipinski definition) is 1. The van der Waals surface area contributed by atoms with Crippen LogP contribution < -0.4 is 4.90 Å². The molecule has 3 aromatic rings. The third kappa shape index (κ3) is 2.97. The largest absolute Gasteiger partial charge is 0.507 e. The Morgan fingerprint density at radius 1 is 0.964 bits per heavy atom. The summed E-state index contributed by atoms with van der Waals surface area (Å²) in [7, 11) is 0. The van der Waals surface area contributed by atoms with Crippen LogP contribution in [0.15, 0.2) is 84.6 Å². The van der Waals surface area contributed by atoms with E-state index in [0.717, 1.165) is 5.56 Å². The van der Waals surface area contributed by atoms with Gasteiger partial charge in [0.05, 0.1) is 11.3 Å². The summed E-state index contributed by atoms with van der Waals surface area (Å²) in [5, 5.41) is 10.9. The molecule has 0 radical (unpaired) electrons. The highest BCUT2D eigenvalue weighted by molar-refractivity contribution is 6.51. The normalized spacial score (nSPS) is 18.5. The molecule has 1 fully saturated rings. The molecule has 28 heavy (non-hydrogen) atoms. The van der Waals surface area contributed by atoms with Gasteiger partial charge in [-0.1, -0.05) is 48.5 Å². The van der Waals surface area contributed by atoms with Crippen molar-refractivity contribution in [1.82, 2.24) is 4.98 Å². The number of carbonyl (C=O) groups excluding carboxylic acids is 2. The molecule has 4 rings (SSSR count). The molecule has 2 aromatic carbocycles. The Hall–Kier alpha value is -3.73. The van der Waals surface area contributed by atoms with E-state index in [0.29, 0.717) is 16.9 Å². The first-order valence-electron chi connectivity index (χ1n) is 8.92. The molecule has 5 nitrogen and oxygen atoms in total. The fourth-order valence-corrected chi connectivity index (χ4v) is 3.45. The lowest BCUT2D eigenvalue weighted by atomic mass is 9.98. The van der Waals surface area contributed by atoms with Crippen molar-refractivity contribution in [1.29, 1.82) is 0 Å². The van der Waals surface area contributed by atoms with Gasteiger partial charge >= 0.3 is 0 Å². The molecule has 1 aliphatic rings. The van der Waals surface area contributed by atoms with E-state index in [1.54, 1.807) is 54.7 Å². The molecule has 138 valence electrons. The lowest BCUT2D eigenvalue weighted by Gasteiger charge is -2.24. The number of anilines is 1. The van der Waals surface area contributed by atoms with Crippen molar-refractivity contribution >= 4 is 23.1 Å². The summed E-state index contributed by atoms with van der Waals surface area (Å²) in [6.07, 6.45) is 1.61. The highest BCUT2D eigenvalue weighted by atomic mass is 16.3. The van der Waals surface area contributed by atoms with Crippen molar-refractivity contribution in [3.05, 3.63) is 101 Å². The summed E-state index contributed by atoms with van der Waals surface area (Å²) in [5.41, 5.74) is 2.58. The molecule has 0 spiro atoms. The first-order valence-corrected chi connectivity index (χ1v) is 8.92. The van der Waals surface area contributed by atoms with E-state index >= 15 is 0 Å². The van der Waals surface area contributed by atoms with E-state index in [4.69, 9.17) is 0 Å². The standard InChI is InChI=1S/C23H18N2O3/c1-15-8-7-11-17(14-15)25-20(18-12-5-6-13-24-18)19(22(27)23(25)28)21(26)16-9-3-2-4-10-16/h2-14,20,26H,1H3/b21-19+. The SMILES string of the molecule is Cc1cccc(N2C(=O)C(=O)/C(=C(/O)c3ccccc3)C2c2ccccn2)c1. The van der Waals surface area contributed by atoms with E-state index in [-0.39, 0.29) is 11.3 Å². The van der Waals surface area contributed by atoms with Crippen LogP contribution in [-0.2, 0) is 9.59 Å². The van der Waals surface area contributed by atoms with E-state index in [2.05, 4.69) is 4.98 Å². The first-order chi connectivity index (χ1) is 13.6. The maximum atomic E-state index is 13.0. The minimum atomic E-state index is -0.803. The second-order valence-electron chi connectivity index (χ2n) is 6.63. The topological polar surface area (TPSA) is 70.5 Å². The smallest absolute Gasteiger partial charge is 0.300 e. The molecule has 1 aliphatic heterocycles. The van der Waals surface area contributed by atoms with Crippen LogP contribution in [0.5, 0.6) is 0 Å². The number of carbonyl (C=O) groups is 2. The molecule has 0 saturated carbocycles. The summed E-state index contributed by atoms with van der Waals surface area (Å²) >= 11 is 0. The molecular formula is C23H18N2O3. The maximum absolute atomic E-state index is 13.0. The Morgan fingerprint density at radius 2 is 1.71 bits per heavy atom. The number of aliphatic hydroxyl groups is 1. The molecule has 1 amide bonds. The molecule has 2 heterocycles. The van der Waals surface area contributed by atoms with Crippen LogP contribution in [-0.4, -0.2) is 21.8 Å². The predicted molar refractivity (Wildman–Crippen MR) is 107 cm³/mol. The fraction of sp³-hybridized carbons (Fsp3) is 0.0870. The average Bonchev–Trinajstić information content (AvgIpc) is 3.00. The maximum Gasteiger partial charge on any atom is 0.300 e. The number of aromatic nitrogens is 1. The zero-order valence-corrected chi connectivity index (χ0v) is 15.2. The van der Waals surface area contributed by atoms with Gasteiger partial charge in [0.1, 0.15) is 11.8 Å². The minimum Gasteiger partial charge on any atom is -0.507 e. The molecule has 5 heteroatoms. The van der Waals surface area contributed by atoms with Crippen LogP contribution in [0, 0.1) is 6.92 Å². The number of benzene rings is 2. The third-order valence-corrected chi connectivity index (χ3v) is 4.74. The fourth-order valence-electron chi connectivity index (χ4n) is 3.45. The minimum absolute atomic E-state index is 0.0383. The Labute approximate surface area is 162 Å². The second-order valence-corrected chi connectivity index (χ2v) is 6.63. The van der Waals surface area contributed by atoms with Gasteiger partial charge in [0.25, 0.3) is 11.7 Å². The van der Waals surface area contributed by atoms with Gasteiger partial charge < -0.3 is 5.11 Å². The zero-order chi connectivity index (χ0) is 19.7. The molecule has 1 N–H and O–H groups in total. The molecular weight excluding hydrogens is 352 g/mol. The summed E-state index contributed by atoms with van der Waals surface area (Å²) < 4.78 is 0. The number of aliphatic hydroxyl groups excluding tert-OH is 1. The molecule has 1 aromatic heterocycles. The van der Waals surface area contributed by atoms with Gasteiger partial charge in [0.2, 0.25) is 0 Å². The first kappa shape index (κ1) is 17.7. The number of amides is 1. The Morgan fingerprint density at radius 3 is 2.39 bits per heavy atom. The third-order valence-electron chi connectivity index (χ3n) is 4.74. The van der Waals surface area contributed by atoms with E-state index in [1.165, 1.54) is 4.90 Å². The van der Waals surface area contributed by atoms with Crippen molar-refractivity contribution in [3.8, 4) is 0 Å². The number of hydrogen-bond acceptors (Lipinski definition) is 4. The summed E-state index contributed by atoms with van der Waals surface area (Å²) in [5.74, 6) is -1.61. The average molecular weight is 370 g/mol. The van der Waals surface area contributed by atoms with E-state index in [1.807, 2.05) is 31.2 Å². The number of rotatable bonds is 3. The van der Waals surface area contributed by atoms with Crippen molar-refractivity contribution in [2.75, 3.05) is 4.90 Å². The second kappa shape index (κ2) is 7.12. The predicted octanol–water partition coefficient (Wildman–Crippen LogP) is 4.02. The van der Waals surface area contributed by atoms with E-state index < -0.39 is 17.7 Å². The zero-order valence-electron chi connectivity index (χ0n) is 15.2. The molecule has 1 unspecified atom stereocenters. The Balaban J connectivity index is 1.95. The van der Waals surface area contributed by atoms with Crippen LogP contribution in [0.25, 0.3) is 5.76 Å². The van der Waals surface area contributed by atoms with Gasteiger partial charge in [-0.25, -0.2) is 0 Å². The van der Waals surface area contributed by atoms with Crippen molar-refractivity contribution in [2.24, 2.45) is 0 Å². The van der Waals surface area contributed by atoms with Crippen molar-refractivity contribution in [2.45, 2.75) is 13.0 Å². The lowest BCUT2D eigenvalue weighted by molar-refractivity contribution is -0.132. The van der Waals surface area contributed by atoms with Gasteiger partial charge in [-0.2, -0.15) is 0 Å². The molecule has 0 aliphatic carbocycles. The molecule has 1 atom stereocenters. The number of nitrogens with zero attached hydrogens (tertiary/aromatic N) is 2. The summed E-state index contributed by atoms with van der Waals surface area (Å²) in [4.78, 5) is 31.7. The lowest BCUT2D eigenvalue weighted by Crippen LogP contribution is -2.29. The van der Waals surface area contributed by atoms with Gasteiger partial charge in [-0.15, -0.1) is 0 Å². The van der Waals surface area contributed by atoms with Gasteiger partial charge in [0.15, 0.2) is 0 Å². The van der Waals surface area contributed by atoms with Gasteiger partial charge in [-0.05, 0) is 36.8 Å². The summed E-state index contributed by atoms with van der Waals surface area (Å²) in [6, 6.07) is 20.6. The Bertz CT molecular complexity index is 1080. The number of Topliss-reactive ketones (excluding diaryl/α,β-unsaturated/α-hetero) is 1. The molecule has 1 saturated heterocycles. The van der Waals surface area contributed by atoms with Crippen molar-refractivity contribution < 1.29 is 14.7 Å². The van der Waals surface area contributed by atoms with Gasteiger partial charge in [0, 0.05) is 17.4 Å². The molecule has 0 bridgehead atoms. The van der Waals surface area contributed by atoms with Crippen LogP contribution >= 0.6 is 0 Å². The Kier molecular flexibility index (Phi) is 4.49. The highest BCUT2D eigenvalue weighted by Crippen LogP contribution is 2.41. The van der Waals surface area contributed by atoms with Crippen molar-refractivity contribution in [3.63, 3.8) is 0 Å². The van der Waals surface area contributed by atoms with Crippen LogP contribution in [0.2, 0.25) is 0 Å². The van der Waals surface area contributed by atoms with Crippen LogP contribution in [0.1, 0.15) is 22.9 Å². The summed E-state index contributed by atoms with van der Waals surface area (Å²) in [6.45, 7) is 1.92. The quantitative estimate of drug-likeness (QED) is 0.429. The highest BCUT2D eigenvalue weighted by Gasteiger charge is 2.47.